The number of esters is 1. The number of hydrogen-bond donors (Lipinski definition) is 1. The molecule has 3 heteroatoms. The summed E-state index contributed by atoms with van der Waals surface area (Å²) in [6.07, 6.45) is 1.99. The van der Waals surface area contributed by atoms with Crippen molar-refractivity contribution in [2.24, 2.45) is 0 Å². The molecule has 1 fully saturated rings. The molecular weight excluding hydrogens is 202 g/mol. The van der Waals surface area contributed by atoms with Gasteiger partial charge in [0.25, 0.3) is 0 Å². The van der Waals surface area contributed by atoms with E-state index in [1.807, 2.05) is 12.1 Å². The van der Waals surface area contributed by atoms with E-state index in [2.05, 4.69) is 18.3 Å². The molecule has 0 aliphatic carbocycles. The topological polar surface area (TPSA) is 38.3 Å². The van der Waals surface area contributed by atoms with Crippen LogP contribution in [0.3, 0.4) is 0 Å². The second kappa shape index (κ2) is 3.32. The van der Waals surface area contributed by atoms with E-state index in [0.29, 0.717) is 0 Å². The van der Waals surface area contributed by atoms with E-state index in [1.54, 1.807) is 0 Å². The molecule has 3 nitrogen and oxygen atoms in total. The Labute approximate surface area is 94.8 Å². The lowest BCUT2D eigenvalue weighted by Crippen LogP contribution is -2.43. The first-order chi connectivity index (χ1) is 7.73. The van der Waals surface area contributed by atoms with Gasteiger partial charge in [-0.3, -0.25) is 0 Å². The standard InChI is InChI=1S/C13H15NO2/c1-9-4-2-5-10-11(9)13(16-12(10)15)6-3-7-14-8-13/h2,4-5,14H,3,6-8H2,1H3. The van der Waals surface area contributed by atoms with Crippen molar-refractivity contribution >= 4 is 5.97 Å². The Balaban J connectivity index is 2.16. The Kier molecular flexibility index (Phi) is 2.04. The minimum Gasteiger partial charge on any atom is -0.449 e. The lowest BCUT2D eigenvalue weighted by molar-refractivity contribution is -0.0205. The van der Waals surface area contributed by atoms with Crippen molar-refractivity contribution in [3.8, 4) is 0 Å². The smallest absolute Gasteiger partial charge is 0.339 e. The second-order valence-electron chi connectivity index (χ2n) is 4.66. The van der Waals surface area contributed by atoms with Crippen molar-refractivity contribution < 1.29 is 9.53 Å². The summed E-state index contributed by atoms with van der Waals surface area (Å²) in [4.78, 5) is 11.8. The van der Waals surface area contributed by atoms with E-state index in [-0.39, 0.29) is 5.97 Å². The predicted molar refractivity (Wildman–Crippen MR) is 60.4 cm³/mol. The zero-order chi connectivity index (χ0) is 11.2. The summed E-state index contributed by atoms with van der Waals surface area (Å²) >= 11 is 0. The maximum atomic E-state index is 11.8. The number of ether oxygens (including phenoxy) is 1. The minimum atomic E-state index is -0.393. The summed E-state index contributed by atoms with van der Waals surface area (Å²) in [7, 11) is 0. The van der Waals surface area contributed by atoms with E-state index in [1.165, 1.54) is 0 Å². The van der Waals surface area contributed by atoms with Gasteiger partial charge in [0, 0.05) is 12.1 Å². The molecule has 2 aliphatic rings. The van der Waals surface area contributed by atoms with Crippen LogP contribution >= 0.6 is 0 Å². The Hall–Kier alpha value is -1.35. The number of carbonyl (C=O) groups is 1. The summed E-state index contributed by atoms with van der Waals surface area (Å²) in [5, 5.41) is 3.33. The monoisotopic (exact) mass is 217 g/mol. The molecule has 1 spiro atoms. The molecular formula is C13H15NO2. The molecule has 0 saturated carbocycles. The van der Waals surface area contributed by atoms with Gasteiger partial charge in [-0.15, -0.1) is 0 Å². The van der Waals surface area contributed by atoms with Crippen molar-refractivity contribution in [3.63, 3.8) is 0 Å². The molecule has 16 heavy (non-hydrogen) atoms. The average molecular weight is 217 g/mol. The molecule has 84 valence electrons. The molecule has 0 aromatic heterocycles. The average Bonchev–Trinajstić information content (AvgIpc) is 2.55. The van der Waals surface area contributed by atoms with Crippen LogP contribution < -0.4 is 5.32 Å². The fourth-order valence-electron chi connectivity index (χ4n) is 2.90. The molecule has 3 rings (SSSR count). The molecule has 2 aliphatic heterocycles. The zero-order valence-corrected chi connectivity index (χ0v) is 9.38. The van der Waals surface area contributed by atoms with Crippen LogP contribution in [-0.4, -0.2) is 19.1 Å². The van der Waals surface area contributed by atoms with Gasteiger partial charge < -0.3 is 10.1 Å². The number of nitrogens with one attached hydrogen (secondary N) is 1. The minimum absolute atomic E-state index is 0.164. The van der Waals surface area contributed by atoms with Gasteiger partial charge >= 0.3 is 5.97 Å². The van der Waals surface area contributed by atoms with Crippen molar-refractivity contribution in [2.75, 3.05) is 13.1 Å². The molecule has 1 atom stereocenters. The van der Waals surface area contributed by atoms with Gasteiger partial charge in [0.2, 0.25) is 0 Å². The van der Waals surface area contributed by atoms with E-state index in [0.717, 1.165) is 42.6 Å². The highest BCUT2D eigenvalue weighted by Crippen LogP contribution is 2.42. The lowest BCUT2D eigenvalue weighted by atomic mass is 9.83. The number of fused-ring (bicyclic) bond motifs is 2. The van der Waals surface area contributed by atoms with E-state index < -0.39 is 5.60 Å². The summed E-state index contributed by atoms with van der Waals surface area (Å²) in [6, 6.07) is 5.84. The first-order valence-electron chi connectivity index (χ1n) is 5.77. The molecule has 1 unspecified atom stereocenters. The molecule has 0 bridgehead atoms. The number of hydrogen-bond acceptors (Lipinski definition) is 3. The third-order valence-electron chi connectivity index (χ3n) is 3.58. The maximum absolute atomic E-state index is 11.8. The molecule has 1 N–H and O–H groups in total. The second-order valence-corrected chi connectivity index (χ2v) is 4.66. The van der Waals surface area contributed by atoms with E-state index in [4.69, 9.17) is 4.74 Å². The number of aryl methyl sites for hydroxylation is 1. The Morgan fingerprint density at radius 2 is 2.31 bits per heavy atom. The Morgan fingerprint density at radius 3 is 3.06 bits per heavy atom. The Bertz CT molecular complexity index is 447. The van der Waals surface area contributed by atoms with Crippen LogP contribution in [0.5, 0.6) is 0 Å². The largest absolute Gasteiger partial charge is 0.449 e. The summed E-state index contributed by atoms with van der Waals surface area (Å²) in [5.74, 6) is -0.164. The SMILES string of the molecule is Cc1cccc2c1C1(CCCNC1)OC2=O. The third kappa shape index (κ3) is 1.21. The fraction of sp³-hybridized carbons (Fsp3) is 0.462. The summed E-state index contributed by atoms with van der Waals surface area (Å²) in [6.45, 7) is 3.81. The van der Waals surface area contributed by atoms with Gasteiger partial charge in [-0.1, -0.05) is 12.1 Å². The van der Waals surface area contributed by atoms with Crippen molar-refractivity contribution in [1.29, 1.82) is 0 Å². The number of rotatable bonds is 0. The summed E-state index contributed by atoms with van der Waals surface area (Å²) < 4.78 is 5.64. The van der Waals surface area contributed by atoms with Crippen LogP contribution in [0.15, 0.2) is 18.2 Å². The van der Waals surface area contributed by atoms with Gasteiger partial charge in [0.1, 0.15) is 0 Å². The molecule has 1 saturated heterocycles. The van der Waals surface area contributed by atoms with Crippen molar-refractivity contribution in [3.05, 3.63) is 34.9 Å². The van der Waals surface area contributed by atoms with Crippen molar-refractivity contribution in [2.45, 2.75) is 25.4 Å². The highest BCUT2D eigenvalue weighted by Gasteiger charge is 2.46. The normalized spacial score (nSPS) is 27.9. The molecule has 1 aromatic carbocycles. The molecule has 1 aromatic rings. The molecule has 0 amide bonds. The quantitative estimate of drug-likeness (QED) is 0.673. The van der Waals surface area contributed by atoms with Crippen LogP contribution in [0.4, 0.5) is 0 Å². The summed E-state index contributed by atoms with van der Waals surface area (Å²) in [5.41, 5.74) is 2.62. The van der Waals surface area contributed by atoms with Gasteiger partial charge in [-0.25, -0.2) is 4.79 Å². The van der Waals surface area contributed by atoms with Gasteiger partial charge in [-0.05, 0) is 37.9 Å². The van der Waals surface area contributed by atoms with E-state index >= 15 is 0 Å². The first kappa shape index (κ1) is 9.85. The third-order valence-corrected chi connectivity index (χ3v) is 3.58. The number of carbonyl (C=O) groups excluding carboxylic acids is 1. The van der Waals surface area contributed by atoms with E-state index in [9.17, 15) is 4.79 Å². The van der Waals surface area contributed by atoms with Crippen LogP contribution in [0.25, 0.3) is 0 Å². The highest BCUT2D eigenvalue weighted by molar-refractivity contribution is 5.95. The van der Waals surface area contributed by atoms with Crippen LogP contribution in [0, 0.1) is 6.92 Å². The lowest BCUT2D eigenvalue weighted by Gasteiger charge is -2.34. The maximum Gasteiger partial charge on any atom is 0.339 e. The number of piperidine rings is 1. The zero-order valence-electron chi connectivity index (χ0n) is 9.38. The van der Waals surface area contributed by atoms with Crippen LogP contribution in [-0.2, 0) is 10.3 Å². The molecule has 2 heterocycles. The van der Waals surface area contributed by atoms with Gasteiger partial charge in [0.05, 0.1) is 5.56 Å². The first-order valence-corrected chi connectivity index (χ1v) is 5.77. The number of benzene rings is 1. The van der Waals surface area contributed by atoms with Crippen LogP contribution in [0.2, 0.25) is 0 Å². The predicted octanol–water partition coefficient (Wildman–Crippen LogP) is 1.74. The Morgan fingerprint density at radius 1 is 1.44 bits per heavy atom. The van der Waals surface area contributed by atoms with Crippen LogP contribution in [0.1, 0.15) is 34.3 Å². The van der Waals surface area contributed by atoms with Crippen molar-refractivity contribution in [1.82, 2.24) is 5.32 Å². The van der Waals surface area contributed by atoms with Gasteiger partial charge in [-0.2, -0.15) is 0 Å². The molecule has 0 radical (unpaired) electrons. The highest BCUT2D eigenvalue weighted by atomic mass is 16.6. The fourth-order valence-corrected chi connectivity index (χ4v) is 2.90. The van der Waals surface area contributed by atoms with Gasteiger partial charge in [0.15, 0.2) is 5.60 Å².